The number of hydrogen-bond acceptors (Lipinski definition) is 3. The summed E-state index contributed by atoms with van der Waals surface area (Å²) in [5, 5.41) is 2.61. The first-order valence-electron chi connectivity index (χ1n) is 7.82. The van der Waals surface area contributed by atoms with Gasteiger partial charge in [-0.15, -0.1) is 0 Å². The first-order valence-corrected chi connectivity index (χ1v) is 7.82. The number of carbonyl (C=O) groups excluding carboxylic acids is 2. The maximum atomic E-state index is 12.3. The molecule has 1 atom stereocenters. The summed E-state index contributed by atoms with van der Waals surface area (Å²) in [6.07, 6.45) is 1.49. The van der Waals surface area contributed by atoms with E-state index in [-0.39, 0.29) is 12.5 Å². The molecule has 0 aromatic heterocycles. The summed E-state index contributed by atoms with van der Waals surface area (Å²) in [4.78, 5) is 25.9. The highest BCUT2D eigenvalue weighted by molar-refractivity contribution is 5.85. The SMILES string of the molecule is CC1CCN(C(=O)[C@@H](C)NC(=O)OCc2ccccc2)CC1. The van der Waals surface area contributed by atoms with Gasteiger partial charge in [0.05, 0.1) is 0 Å². The van der Waals surface area contributed by atoms with E-state index in [9.17, 15) is 9.59 Å². The van der Waals surface area contributed by atoms with Crippen LogP contribution < -0.4 is 5.32 Å². The first-order chi connectivity index (χ1) is 10.6. The van der Waals surface area contributed by atoms with Gasteiger partial charge in [-0.25, -0.2) is 4.79 Å². The number of likely N-dealkylation sites (tertiary alicyclic amines) is 1. The summed E-state index contributed by atoms with van der Waals surface area (Å²) < 4.78 is 5.13. The van der Waals surface area contributed by atoms with Gasteiger partial charge in [-0.2, -0.15) is 0 Å². The van der Waals surface area contributed by atoms with Gasteiger partial charge in [0.2, 0.25) is 5.91 Å². The van der Waals surface area contributed by atoms with Crippen LogP contribution in [0.25, 0.3) is 0 Å². The molecule has 0 bridgehead atoms. The Labute approximate surface area is 131 Å². The van der Waals surface area contributed by atoms with Gasteiger partial charge in [0, 0.05) is 13.1 Å². The summed E-state index contributed by atoms with van der Waals surface area (Å²) in [5.74, 6) is 0.631. The summed E-state index contributed by atoms with van der Waals surface area (Å²) >= 11 is 0. The molecule has 0 unspecified atom stereocenters. The number of hydrogen-bond donors (Lipinski definition) is 1. The van der Waals surface area contributed by atoms with Crippen LogP contribution in [-0.4, -0.2) is 36.0 Å². The molecule has 1 aromatic rings. The predicted octanol–water partition coefficient (Wildman–Crippen LogP) is 2.56. The second-order valence-corrected chi connectivity index (χ2v) is 5.94. The molecule has 1 N–H and O–H groups in total. The van der Waals surface area contributed by atoms with Crippen LogP contribution in [0, 0.1) is 5.92 Å². The average molecular weight is 304 g/mol. The molecule has 2 amide bonds. The fourth-order valence-electron chi connectivity index (χ4n) is 2.51. The van der Waals surface area contributed by atoms with Crippen LogP contribution in [0.5, 0.6) is 0 Å². The monoisotopic (exact) mass is 304 g/mol. The molecule has 1 aliphatic heterocycles. The lowest BCUT2D eigenvalue weighted by Gasteiger charge is -2.32. The lowest BCUT2D eigenvalue weighted by Crippen LogP contribution is -2.49. The summed E-state index contributed by atoms with van der Waals surface area (Å²) in [5.41, 5.74) is 0.918. The fraction of sp³-hybridized carbons (Fsp3) is 0.529. The van der Waals surface area contributed by atoms with Gasteiger partial charge in [0.1, 0.15) is 12.6 Å². The van der Waals surface area contributed by atoms with E-state index in [4.69, 9.17) is 4.74 Å². The van der Waals surface area contributed by atoms with Gasteiger partial charge < -0.3 is 15.0 Å². The van der Waals surface area contributed by atoms with E-state index in [0.29, 0.717) is 5.92 Å². The third-order valence-corrected chi connectivity index (χ3v) is 4.01. The van der Waals surface area contributed by atoms with Crippen molar-refractivity contribution in [3.05, 3.63) is 35.9 Å². The highest BCUT2D eigenvalue weighted by Gasteiger charge is 2.25. The molecule has 1 saturated heterocycles. The molecular weight excluding hydrogens is 280 g/mol. The number of nitrogens with zero attached hydrogens (tertiary/aromatic N) is 1. The molecule has 1 aliphatic rings. The van der Waals surface area contributed by atoms with Gasteiger partial charge in [-0.1, -0.05) is 37.3 Å². The number of amides is 2. The van der Waals surface area contributed by atoms with Crippen LogP contribution in [0.2, 0.25) is 0 Å². The van der Waals surface area contributed by atoms with Gasteiger partial charge >= 0.3 is 6.09 Å². The number of benzene rings is 1. The van der Waals surface area contributed by atoms with Crippen molar-refractivity contribution >= 4 is 12.0 Å². The number of rotatable bonds is 4. The van der Waals surface area contributed by atoms with Crippen LogP contribution in [0.4, 0.5) is 4.79 Å². The van der Waals surface area contributed by atoms with Crippen molar-refractivity contribution in [3.63, 3.8) is 0 Å². The molecule has 0 radical (unpaired) electrons. The Bertz CT molecular complexity index is 496. The van der Waals surface area contributed by atoms with Crippen molar-refractivity contribution in [2.45, 2.75) is 39.3 Å². The second kappa shape index (κ2) is 7.82. The molecule has 22 heavy (non-hydrogen) atoms. The largest absolute Gasteiger partial charge is 0.445 e. The summed E-state index contributed by atoms with van der Waals surface area (Å²) in [6, 6.07) is 8.90. The summed E-state index contributed by atoms with van der Waals surface area (Å²) in [6.45, 7) is 5.64. The average Bonchev–Trinajstić information content (AvgIpc) is 2.54. The van der Waals surface area contributed by atoms with E-state index in [0.717, 1.165) is 31.5 Å². The lowest BCUT2D eigenvalue weighted by atomic mass is 9.99. The smallest absolute Gasteiger partial charge is 0.408 e. The molecule has 0 aliphatic carbocycles. The van der Waals surface area contributed by atoms with Crippen LogP contribution in [-0.2, 0) is 16.1 Å². The minimum absolute atomic E-state index is 0.0384. The van der Waals surface area contributed by atoms with Crippen molar-refractivity contribution in [2.24, 2.45) is 5.92 Å². The molecule has 2 rings (SSSR count). The Kier molecular flexibility index (Phi) is 5.81. The van der Waals surface area contributed by atoms with Crippen LogP contribution in [0.15, 0.2) is 30.3 Å². The zero-order chi connectivity index (χ0) is 15.9. The highest BCUT2D eigenvalue weighted by Crippen LogP contribution is 2.16. The molecule has 1 heterocycles. The number of piperidine rings is 1. The Morgan fingerprint density at radius 2 is 1.91 bits per heavy atom. The van der Waals surface area contributed by atoms with Crippen molar-refractivity contribution in [2.75, 3.05) is 13.1 Å². The predicted molar refractivity (Wildman–Crippen MR) is 84.2 cm³/mol. The van der Waals surface area contributed by atoms with E-state index < -0.39 is 12.1 Å². The van der Waals surface area contributed by atoms with Crippen LogP contribution in [0.1, 0.15) is 32.3 Å². The third kappa shape index (κ3) is 4.76. The fourth-order valence-corrected chi connectivity index (χ4v) is 2.51. The molecule has 5 nitrogen and oxygen atoms in total. The molecular formula is C17H24N2O3. The van der Waals surface area contributed by atoms with Crippen LogP contribution in [0.3, 0.4) is 0 Å². The Balaban J connectivity index is 1.74. The van der Waals surface area contributed by atoms with E-state index in [1.807, 2.05) is 35.2 Å². The number of nitrogens with one attached hydrogen (secondary N) is 1. The quantitative estimate of drug-likeness (QED) is 0.930. The van der Waals surface area contributed by atoms with Crippen molar-refractivity contribution in [1.82, 2.24) is 10.2 Å². The standard InChI is InChI=1S/C17H24N2O3/c1-13-8-10-19(11-9-13)16(20)14(2)18-17(21)22-12-15-6-4-3-5-7-15/h3-7,13-14H,8-12H2,1-2H3,(H,18,21)/t14-/m1/s1. The minimum Gasteiger partial charge on any atom is -0.445 e. The topological polar surface area (TPSA) is 58.6 Å². The van der Waals surface area contributed by atoms with Crippen molar-refractivity contribution < 1.29 is 14.3 Å². The number of carbonyl (C=O) groups is 2. The third-order valence-electron chi connectivity index (χ3n) is 4.01. The van der Waals surface area contributed by atoms with Gasteiger partial charge in [0.15, 0.2) is 0 Å². The molecule has 0 saturated carbocycles. The Morgan fingerprint density at radius 3 is 2.55 bits per heavy atom. The second-order valence-electron chi connectivity index (χ2n) is 5.94. The molecule has 1 aromatic carbocycles. The zero-order valence-corrected chi connectivity index (χ0v) is 13.2. The van der Waals surface area contributed by atoms with Crippen molar-refractivity contribution in [1.29, 1.82) is 0 Å². The van der Waals surface area contributed by atoms with E-state index in [2.05, 4.69) is 12.2 Å². The van der Waals surface area contributed by atoms with E-state index in [1.165, 1.54) is 0 Å². The normalized spacial score (nSPS) is 16.9. The van der Waals surface area contributed by atoms with Gasteiger partial charge in [0.25, 0.3) is 0 Å². The zero-order valence-electron chi connectivity index (χ0n) is 13.2. The maximum Gasteiger partial charge on any atom is 0.408 e. The van der Waals surface area contributed by atoms with Gasteiger partial charge in [-0.05, 0) is 31.2 Å². The van der Waals surface area contributed by atoms with Gasteiger partial charge in [-0.3, -0.25) is 4.79 Å². The highest BCUT2D eigenvalue weighted by atomic mass is 16.5. The molecule has 120 valence electrons. The van der Waals surface area contributed by atoms with E-state index in [1.54, 1.807) is 6.92 Å². The molecule has 0 spiro atoms. The Morgan fingerprint density at radius 1 is 1.27 bits per heavy atom. The number of ether oxygens (including phenoxy) is 1. The van der Waals surface area contributed by atoms with Crippen molar-refractivity contribution in [3.8, 4) is 0 Å². The van der Waals surface area contributed by atoms with E-state index >= 15 is 0 Å². The van der Waals surface area contributed by atoms with Crippen LogP contribution >= 0.6 is 0 Å². The Hall–Kier alpha value is -2.04. The summed E-state index contributed by atoms with van der Waals surface area (Å²) in [7, 11) is 0. The lowest BCUT2D eigenvalue weighted by molar-refractivity contribution is -0.134. The first kappa shape index (κ1) is 16.3. The molecule has 1 fully saturated rings. The number of alkyl carbamates (subject to hydrolysis) is 1. The molecule has 5 heteroatoms. The minimum atomic E-state index is -0.560. The maximum absolute atomic E-state index is 12.3.